The molecule has 0 saturated carbocycles. The lowest BCUT2D eigenvalue weighted by Gasteiger charge is -2.20. The fraction of sp³-hybridized carbons (Fsp3) is 0.667. The highest BCUT2D eigenvalue weighted by Gasteiger charge is 2.47. The van der Waals surface area contributed by atoms with Gasteiger partial charge in [-0.05, 0) is 19.4 Å². The molecule has 2 aromatic heterocycles. The average Bonchev–Trinajstić information content (AvgIpc) is 3.32. The zero-order valence-corrected chi connectivity index (χ0v) is 22.2. The molecule has 5 unspecified atom stereocenters. The summed E-state index contributed by atoms with van der Waals surface area (Å²) in [7, 11) is -16.0. The van der Waals surface area contributed by atoms with E-state index in [1.54, 1.807) is 0 Å². The maximum Gasteiger partial charge on any atom is 0.489 e. The highest BCUT2D eigenvalue weighted by molar-refractivity contribution is 7.67. The molecule has 7 atom stereocenters. The number of aromatic nitrogens is 4. The normalized spacial score (nSPS) is 26.7. The molecule has 2 aromatic rings. The zero-order valence-electron chi connectivity index (χ0n) is 19.5. The number of ether oxygens (including phenoxy) is 1. The first-order chi connectivity index (χ1) is 17.6. The molecule has 0 amide bonds. The van der Waals surface area contributed by atoms with Gasteiger partial charge in [0.25, 0.3) is 5.56 Å². The van der Waals surface area contributed by atoms with E-state index < -0.39 is 60.1 Å². The standard InChI is InChI=1S/C15H28N7O13P3/c16-4-2-1-3-5-19-36(26,27)34-38(30,31)35-37(28,29)32-6-8-10(23)11(24)14(33-8)22-7-18-9-12(22)20-15(17)21-13(9)25/h7-8,10-11,14,23-24H,1-6,16H2,(H,28,29)(H,30,31)(H2,19,26,27)(H3,17,20,21,25)/t8-,10?,11?,14-/m1/s1. The number of unbranched alkanes of at least 4 members (excludes halogenated alkanes) is 2. The van der Waals surface area contributed by atoms with E-state index in [2.05, 4.69) is 28.1 Å². The minimum absolute atomic E-state index is 0.0931. The van der Waals surface area contributed by atoms with Crippen LogP contribution < -0.4 is 22.1 Å². The van der Waals surface area contributed by atoms with Crippen LogP contribution in [0.15, 0.2) is 11.1 Å². The summed E-state index contributed by atoms with van der Waals surface area (Å²) in [5.41, 5.74) is 9.91. The number of nitrogens with two attached hydrogens (primary N) is 2. The summed E-state index contributed by atoms with van der Waals surface area (Å²) in [6.45, 7) is -0.652. The molecule has 3 rings (SSSR count). The molecule has 216 valence electrons. The van der Waals surface area contributed by atoms with Gasteiger partial charge in [0.2, 0.25) is 5.95 Å². The quantitative estimate of drug-likeness (QED) is 0.0861. The molecular formula is C15H28N7O13P3. The summed E-state index contributed by atoms with van der Waals surface area (Å²) < 4.78 is 55.3. The summed E-state index contributed by atoms with van der Waals surface area (Å²) in [6.07, 6.45) is -3.61. The summed E-state index contributed by atoms with van der Waals surface area (Å²) in [5.74, 6) is -0.264. The molecule has 0 aromatic carbocycles. The smallest absolute Gasteiger partial charge is 0.387 e. The molecule has 0 aliphatic carbocycles. The number of nitrogens with zero attached hydrogens (tertiary/aromatic N) is 3. The second kappa shape index (κ2) is 12.3. The van der Waals surface area contributed by atoms with Crippen LogP contribution in [0.3, 0.4) is 0 Å². The van der Waals surface area contributed by atoms with E-state index in [1.807, 2.05) is 5.09 Å². The van der Waals surface area contributed by atoms with Crippen LogP contribution in [-0.2, 0) is 31.6 Å². The average molecular weight is 607 g/mol. The lowest BCUT2D eigenvalue weighted by molar-refractivity contribution is -0.0503. The van der Waals surface area contributed by atoms with Gasteiger partial charge in [0.1, 0.15) is 18.3 Å². The van der Waals surface area contributed by atoms with Crippen LogP contribution in [-0.4, -0.2) is 82.4 Å². The molecular weight excluding hydrogens is 579 g/mol. The van der Waals surface area contributed by atoms with Crippen LogP contribution in [0.25, 0.3) is 11.2 Å². The molecule has 0 spiro atoms. The number of hydrogen-bond donors (Lipinski definition) is 9. The van der Waals surface area contributed by atoms with Crippen LogP contribution in [0.1, 0.15) is 25.5 Å². The topological polar surface area (TPSA) is 317 Å². The summed E-state index contributed by atoms with van der Waals surface area (Å²) in [6, 6.07) is 0. The van der Waals surface area contributed by atoms with E-state index >= 15 is 0 Å². The van der Waals surface area contributed by atoms with E-state index in [1.165, 1.54) is 0 Å². The maximum absolute atomic E-state index is 12.2. The predicted molar refractivity (Wildman–Crippen MR) is 127 cm³/mol. The second-order valence-corrected chi connectivity index (χ2v) is 12.8. The number of rotatable bonds is 14. The van der Waals surface area contributed by atoms with Gasteiger partial charge in [0, 0.05) is 6.54 Å². The highest BCUT2D eigenvalue weighted by atomic mass is 31.3. The first-order valence-corrected chi connectivity index (χ1v) is 15.5. The Hall–Kier alpha value is -1.60. The lowest BCUT2D eigenvalue weighted by Crippen LogP contribution is -2.33. The number of aliphatic hydroxyl groups is 2. The number of nitrogens with one attached hydrogen (secondary N) is 2. The Morgan fingerprint density at radius 3 is 2.50 bits per heavy atom. The fourth-order valence-corrected chi connectivity index (χ4v) is 7.14. The molecule has 20 nitrogen and oxygen atoms in total. The fourth-order valence-electron chi connectivity index (χ4n) is 3.40. The maximum atomic E-state index is 12.2. The van der Waals surface area contributed by atoms with E-state index in [0.717, 1.165) is 10.9 Å². The third kappa shape index (κ3) is 7.97. The van der Waals surface area contributed by atoms with Crippen LogP contribution in [0, 0.1) is 0 Å². The highest BCUT2D eigenvalue weighted by Crippen LogP contribution is 2.66. The molecule has 0 radical (unpaired) electrons. The summed E-state index contributed by atoms with van der Waals surface area (Å²) in [4.78, 5) is 51.0. The SMILES string of the molecule is NCCCCCNP(=O)(O)OP(=O)(O)OP(=O)(O)OC[C@H]1O[C@@H](n2cnc3c(=O)[nH]c(N)nc32)C(O)C1O. The number of nitrogen functional groups attached to an aromatic ring is 1. The van der Waals surface area contributed by atoms with Crippen molar-refractivity contribution in [3.8, 4) is 0 Å². The van der Waals surface area contributed by atoms with Gasteiger partial charge in [-0.25, -0.2) is 23.8 Å². The number of aliphatic hydroxyl groups excluding tert-OH is 2. The lowest BCUT2D eigenvalue weighted by atomic mass is 10.1. The number of aromatic amines is 1. The van der Waals surface area contributed by atoms with Crippen molar-refractivity contribution in [2.45, 2.75) is 43.8 Å². The van der Waals surface area contributed by atoms with E-state index in [-0.39, 0.29) is 23.7 Å². The second-order valence-electron chi connectivity index (χ2n) is 8.00. The van der Waals surface area contributed by atoms with E-state index in [9.17, 15) is 43.4 Å². The van der Waals surface area contributed by atoms with Crippen molar-refractivity contribution >= 4 is 40.5 Å². The van der Waals surface area contributed by atoms with Gasteiger partial charge in [0.05, 0.1) is 12.9 Å². The van der Waals surface area contributed by atoms with E-state index in [0.29, 0.717) is 25.8 Å². The number of H-pyrrole nitrogens is 1. The Morgan fingerprint density at radius 1 is 1.11 bits per heavy atom. The van der Waals surface area contributed by atoms with Crippen molar-refractivity contribution in [1.29, 1.82) is 0 Å². The Morgan fingerprint density at radius 2 is 1.82 bits per heavy atom. The first kappa shape index (κ1) is 30.9. The largest absolute Gasteiger partial charge is 0.489 e. The Bertz CT molecular complexity index is 1320. The van der Waals surface area contributed by atoms with Gasteiger partial charge in [-0.3, -0.25) is 18.9 Å². The van der Waals surface area contributed by atoms with Gasteiger partial charge < -0.3 is 41.1 Å². The monoisotopic (exact) mass is 607 g/mol. The van der Waals surface area contributed by atoms with Crippen LogP contribution in [0.2, 0.25) is 0 Å². The van der Waals surface area contributed by atoms with E-state index in [4.69, 9.17) is 16.2 Å². The number of imidazole rings is 1. The van der Waals surface area contributed by atoms with Gasteiger partial charge in [0.15, 0.2) is 17.4 Å². The third-order valence-electron chi connectivity index (χ3n) is 5.08. The number of hydrogen-bond acceptors (Lipinski definition) is 14. The molecule has 23 heteroatoms. The minimum atomic E-state index is -5.63. The number of anilines is 1. The van der Waals surface area contributed by atoms with Crippen LogP contribution in [0.4, 0.5) is 5.95 Å². The molecule has 1 saturated heterocycles. The molecule has 0 bridgehead atoms. The van der Waals surface area contributed by atoms with Crippen molar-refractivity contribution in [2.24, 2.45) is 5.73 Å². The molecule has 11 N–H and O–H groups in total. The number of fused-ring (bicyclic) bond motifs is 1. The molecule has 1 aliphatic rings. The Balaban J connectivity index is 1.59. The Kier molecular flexibility index (Phi) is 10.00. The van der Waals surface area contributed by atoms with Gasteiger partial charge >= 0.3 is 23.4 Å². The van der Waals surface area contributed by atoms with Crippen LogP contribution in [0.5, 0.6) is 0 Å². The summed E-state index contributed by atoms with van der Waals surface area (Å²) >= 11 is 0. The van der Waals surface area contributed by atoms with Gasteiger partial charge in [-0.15, -0.1) is 0 Å². The van der Waals surface area contributed by atoms with Crippen molar-refractivity contribution in [2.75, 3.05) is 25.4 Å². The van der Waals surface area contributed by atoms with Gasteiger partial charge in [-0.1, -0.05) is 6.42 Å². The predicted octanol–water partition coefficient (Wildman–Crippen LogP) is -1.61. The minimum Gasteiger partial charge on any atom is -0.387 e. The van der Waals surface area contributed by atoms with Crippen molar-refractivity contribution in [1.82, 2.24) is 24.6 Å². The Labute approximate surface area is 213 Å². The first-order valence-electron chi connectivity index (χ1n) is 10.9. The van der Waals surface area contributed by atoms with Gasteiger partial charge in [-0.2, -0.15) is 13.6 Å². The molecule has 1 fully saturated rings. The molecule has 3 heterocycles. The zero-order chi connectivity index (χ0) is 28.3. The summed E-state index contributed by atoms with van der Waals surface area (Å²) in [5, 5.41) is 22.7. The number of phosphoric ester groups is 1. The number of phosphoric acid groups is 2. The van der Waals surface area contributed by atoms with Crippen molar-refractivity contribution < 1.29 is 56.5 Å². The third-order valence-corrected chi connectivity index (χ3v) is 9.54. The van der Waals surface area contributed by atoms with Crippen molar-refractivity contribution in [3.63, 3.8) is 0 Å². The molecule has 1 aliphatic heterocycles. The van der Waals surface area contributed by atoms with Crippen LogP contribution >= 0.6 is 23.4 Å². The molecule has 38 heavy (non-hydrogen) atoms. The van der Waals surface area contributed by atoms with Crippen molar-refractivity contribution in [3.05, 3.63) is 16.7 Å².